The van der Waals surface area contributed by atoms with Crippen LogP contribution in [-0.2, 0) is 14.3 Å². The van der Waals surface area contributed by atoms with Crippen molar-refractivity contribution in [3.63, 3.8) is 0 Å². The van der Waals surface area contributed by atoms with Gasteiger partial charge in [-0.25, -0.2) is 0 Å². The second kappa shape index (κ2) is 7.89. The lowest BCUT2D eigenvalue weighted by molar-refractivity contribution is -0.147. The Hall–Kier alpha value is -2.95. The minimum atomic E-state index is -0.721. The molecule has 0 saturated heterocycles. The number of hydrogen-bond donors (Lipinski definition) is 1. The van der Waals surface area contributed by atoms with E-state index in [1.807, 2.05) is 42.5 Å². The van der Waals surface area contributed by atoms with Gasteiger partial charge in [-0.1, -0.05) is 54.6 Å². The van der Waals surface area contributed by atoms with Crippen molar-refractivity contribution in [3.05, 3.63) is 60.2 Å². The molecule has 2 aromatic rings. The fourth-order valence-electron chi connectivity index (χ4n) is 2.06. The molecule has 0 atom stereocenters. The van der Waals surface area contributed by atoms with Gasteiger partial charge in [0.1, 0.15) is 0 Å². The average molecular weight is 311 g/mol. The molecule has 0 aromatic heterocycles. The van der Waals surface area contributed by atoms with Crippen molar-refractivity contribution in [1.29, 1.82) is 0 Å². The van der Waals surface area contributed by atoms with Crippen LogP contribution in [0.2, 0.25) is 0 Å². The number of carbonyl (C=O) groups is 3. The van der Waals surface area contributed by atoms with Gasteiger partial charge in [0, 0.05) is 12.0 Å². The molecular weight excluding hydrogens is 294 g/mol. The molecule has 118 valence electrons. The van der Waals surface area contributed by atoms with E-state index in [4.69, 9.17) is 5.73 Å². The van der Waals surface area contributed by atoms with Crippen molar-refractivity contribution < 1.29 is 19.1 Å². The molecule has 2 N–H and O–H groups in total. The van der Waals surface area contributed by atoms with Gasteiger partial charge in [0.05, 0.1) is 6.42 Å². The van der Waals surface area contributed by atoms with Crippen molar-refractivity contribution in [1.82, 2.24) is 0 Å². The molecule has 0 saturated carbocycles. The highest BCUT2D eigenvalue weighted by Gasteiger charge is 2.11. The van der Waals surface area contributed by atoms with Crippen molar-refractivity contribution in [2.45, 2.75) is 12.8 Å². The summed E-state index contributed by atoms with van der Waals surface area (Å²) in [4.78, 5) is 33.9. The van der Waals surface area contributed by atoms with Crippen LogP contribution in [-0.4, -0.2) is 24.3 Å². The van der Waals surface area contributed by atoms with Crippen LogP contribution in [0, 0.1) is 0 Å². The number of Topliss-reactive ketones (excluding diaryl/α,β-unsaturated/α-hetero) is 1. The number of carbonyl (C=O) groups excluding carboxylic acids is 3. The van der Waals surface area contributed by atoms with Crippen LogP contribution in [0.3, 0.4) is 0 Å². The van der Waals surface area contributed by atoms with E-state index in [2.05, 4.69) is 4.74 Å². The predicted octanol–water partition coefficient (Wildman–Crippen LogP) is 2.34. The zero-order valence-electron chi connectivity index (χ0n) is 12.5. The maximum Gasteiger partial charge on any atom is 0.306 e. The Morgan fingerprint density at radius 1 is 0.826 bits per heavy atom. The molecule has 0 fully saturated rings. The third-order valence-electron chi connectivity index (χ3n) is 3.25. The number of esters is 1. The zero-order valence-corrected chi connectivity index (χ0v) is 12.5. The Bertz CT molecular complexity index is 693. The number of primary amides is 1. The van der Waals surface area contributed by atoms with Gasteiger partial charge < -0.3 is 10.5 Å². The first kappa shape index (κ1) is 16.4. The smallest absolute Gasteiger partial charge is 0.306 e. The normalized spacial score (nSPS) is 10.1. The minimum Gasteiger partial charge on any atom is -0.456 e. The van der Waals surface area contributed by atoms with E-state index >= 15 is 0 Å². The minimum absolute atomic E-state index is 0.0300. The van der Waals surface area contributed by atoms with E-state index in [0.717, 1.165) is 11.1 Å². The molecule has 0 unspecified atom stereocenters. The predicted molar refractivity (Wildman–Crippen MR) is 85.6 cm³/mol. The summed E-state index contributed by atoms with van der Waals surface area (Å²) in [5.41, 5.74) is 7.49. The van der Waals surface area contributed by atoms with E-state index in [1.165, 1.54) is 0 Å². The van der Waals surface area contributed by atoms with Crippen molar-refractivity contribution in [2.75, 3.05) is 6.61 Å². The van der Waals surface area contributed by atoms with Gasteiger partial charge in [-0.3, -0.25) is 14.4 Å². The standard InChI is InChI=1S/C18H17NO4/c19-17(21)12-23-18(22)11-10-16(20)15-8-6-14(7-9-15)13-4-2-1-3-5-13/h1-9H,10-12H2,(H2,19,21). The third-order valence-corrected chi connectivity index (χ3v) is 3.25. The molecule has 0 aliphatic heterocycles. The summed E-state index contributed by atoms with van der Waals surface area (Å²) in [5, 5.41) is 0. The highest BCUT2D eigenvalue weighted by Crippen LogP contribution is 2.19. The number of rotatable bonds is 7. The van der Waals surface area contributed by atoms with Gasteiger partial charge in [0.25, 0.3) is 5.91 Å². The monoisotopic (exact) mass is 311 g/mol. The Balaban J connectivity index is 1.90. The second-order valence-corrected chi connectivity index (χ2v) is 4.99. The van der Waals surface area contributed by atoms with Crippen molar-refractivity contribution in [3.8, 4) is 11.1 Å². The van der Waals surface area contributed by atoms with Crippen LogP contribution in [0.5, 0.6) is 0 Å². The summed E-state index contributed by atoms with van der Waals surface area (Å²) in [7, 11) is 0. The Morgan fingerprint density at radius 3 is 2.04 bits per heavy atom. The topological polar surface area (TPSA) is 86.5 Å². The Kier molecular flexibility index (Phi) is 5.63. The van der Waals surface area contributed by atoms with E-state index in [1.54, 1.807) is 12.1 Å². The maximum absolute atomic E-state index is 12.0. The van der Waals surface area contributed by atoms with Crippen LogP contribution in [0.25, 0.3) is 11.1 Å². The molecule has 0 heterocycles. The molecule has 0 spiro atoms. The number of hydrogen-bond acceptors (Lipinski definition) is 4. The molecule has 23 heavy (non-hydrogen) atoms. The first-order chi connectivity index (χ1) is 11.1. The third kappa shape index (κ3) is 5.07. The average Bonchev–Trinajstić information content (AvgIpc) is 2.58. The van der Waals surface area contributed by atoms with Crippen LogP contribution >= 0.6 is 0 Å². The molecule has 5 heteroatoms. The van der Waals surface area contributed by atoms with Crippen LogP contribution in [0.15, 0.2) is 54.6 Å². The molecule has 0 radical (unpaired) electrons. The lowest BCUT2D eigenvalue weighted by Gasteiger charge is -2.05. The summed E-state index contributed by atoms with van der Waals surface area (Å²) in [6.07, 6.45) is -0.0468. The first-order valence-corrected chi connectivity index (χ1v) is 7.19. The van der Waals surface area contributed by atoms with Crippen molar-refractivity contribution >= 4 is 17.7 Å². The summed E-state index contributed by atoms with van der Waals surface area (Å²) in [6.45, 7) is -0.460. The number of amides is 1. The largest absolute Gasteiger partial charge is 0.456 e. The molecule has 0 aliphatic carbocycles. The lowest BCUT2D eigenvalue weighted by atomic mass is 10.0. The molecule has 0 aliphatic rings. The molecule has 0 bridgehead atoms. The van der Waals surface area contributed by atoms with E-state index < -0.39 is 18.5 Å². The molecule has 2 aromatic carbocycles. The number of ether oxygens (including phenoxy) is 1. The fraction of sp³-hybridized carbons (Fsp3) is 0.167. The highest BCUT2D eigenvalue weighted by molar-refractivity contribution is 5.98. The fourth-order valence-corrected chi connectivity index (χ4v) is 2.06. The maximum atomic E-state index is 12.0. The van der Waals surface area contributed by atoms with E-state index in [-0.39, 0.29) is 18.6 Å². The van der Waals surface area contributed by atoms with Gasteiger partial charge in [-0.2, -0.15) is 0 Å². The van der Waals surface area contributed by atoms with E-state index in [0.29, 0.717) is 5.56 Å². The van der Waals surface area contributed by atoms with E-state index in [9.17, 15) is 14.4 Å². The van der Waals surface area contributed by atoms with Gasteiger partial charge in [-0.15, -0.1) is 0 Å². The van der Waals surface area contributed by atoms with Crippen molar-refractivity contribution in [2.24, 2.45) is 5.73 Å². The van der Waals surface area contributed by atoms with Gasteiger partial charge in [0.2, 0.25) is 0 Å². The van der Waals surface area contributed by atoms with Gasteiger partial charge in [-0.05, 0) is 11.1 Å². The summed E-state index contributed by atoms with van der Waals surface area (Å²) >= 11 is 0. The van der Waals surface area contributed by atoms with Crippen LogP contribution in [0.4, 0.5) is 0 Å². The lowest BCUT2D eigenvalue weighted by Crippen LogP contribution is -2.21. The highest BCUT2D eigenvalue weighted by atomic mass is 16.5. The number of nitrogens with two attached hydrogens (primary N) is 1. The van der Waals surface area contributed by atoms with Crippen LogP contribution in [0.1, 0.15) is 23.2 Å². The van der Waals surface area contributed by atoms with Gasteiger partial charge >= 0.3 is 5.97 Å². The Morgan fingerprint density at radius 2 is 1.43 bits per heavy atom. The summed E-state index contributed by atoms with van der Waals surface area (Å²) < 4.78 is 4.60. The number of ketones is 1. The van der Waals surface area contributed by atoms with Crippen LogP contribution < -0.4 is 5.73 Å². The second-order valence-electron chi connectivity index (χ2n) is 4.99. The molecule has 5 nitrogen and oxygen atoms in total. The Labute approximate surface area is 134 Å². The summed E-state index contributed by atoms with van der Waals surface area (Å²) in [5.74, 6) is -1.49. The first-order valence-electron chi connectivity index (χ1n) is 7.19. The van der Waals surface area contributed by atoms with Gasteiger partial charge in [0.15, 0.2) is 12.4 Å². The SMILES string of the molecule is NC(=O)COC(=O)CCC(=O)c1ccc(-c2ccccc2)cc1. The summed E-state index contributed by atoms with van der Waals surface area (Å²) in [6, 6.07) is 17.0. The molecule has 2 rings (SSSR count). The molecule has 1 amide bonds. The zero-order chi connectivity index (χ0) is 16.7. The molecular formula is C18H17NO4. The quantitative estimate of drug-likeness (QED) is 0.628. The number of benzene rings is 2.